The van der Waals surface area contributed by atoms with Gasteiger partial charge in [-0.1, -0.05) is 42.5 Å². The standard InChI is InChI=1S/C22H25NO2/c1-15(2)23(13-18-8-6-5-7-9-18)14-19-12-21(24)25-22-17(4)16(3)10-11-20(19)22/h5-12,15H,13-14H2,1-4H3. The average Bonchev–Trinajstić information content (AvgIpc) is 2.58. The molecule has 0 fully saturated rings. The minimum atomic E-state index is -0.278. The van der Waals surface area contributed by atoms with Gasteiger partial charge in [0.05, 0.1) is 0 Å². The summed E-state index contributed by atoms with van der Waals surface area (Å²) >= 11 is 0. The second kappa shape index (κ2) is 7.24. The number of fused-ring (bicyclic) bond motifs is 1. The molecule has 0 saturated heterocycles. The second-order valence-electron chi connectivity index (χ2n) is 6.96. The molecule has 0 aliphatic rings. The van der Waals surface area contributed by atoms with Gasteiger partial charge >= 0.3 is 5.63 Å². The van der Waals surface area contributed by atoms with Crippen molar-refractivity contribution in [2.45, 2.75) is 46.8 Å². The number of aryl methyl sites for hydroxylation is 2. The Hall–Kier alpha value is -2.39. The van der Waals surface area contributed by atoms with Crippen LogP contribution in [0.5, 0.6) is 0 Å². The summed E-state index contributed by atoms with van der Waals surface area (Å²) in [5, 5.41) is 1.03. The molecule has 0 N–H and O–H groups in total. The Labute approximate surface area is 148 Å². The smallest absolute Gasteiger partial charge is 0.336 e. The molecular weight excluding hydrogens is 310 g/mol. The first kappa shape index (κ1) is 17.4. The molecule has 0 aliphatic carbocycles. The van der Waals surface area contributed by atoms with Gasteiger partial charge in [0.25, 0.3) is 0 Å². The van der Waals surface area contributed by atoms with Crippen molar-refractivity contribution in [3.63, 3.8) is 0 Å². The molecule has 1 aromatic heterocycles. The first-order valence-electron chi connectivity index (χ1n) is 8.76. The van der Waals surface area contributed by atoms with Crippen LogP contribution in [0.3, 0.4) is 0 Å². The highest BCUT2D eigenvalue weighted by atomic mass is 16.4. The number of benzene rings is 2. The number of hydrogen-bond donors (Lipinski definition) is 0. The number of nitrogens with zero attached hydrogens (tertiary/aromatic N) is 1. The van der Waals surface area contributed by atoms with Crippen molar-refractivity contribution in [2.75, 3.05) is 0 Å². The van der Waals surface area contributed by atoms with Crippen LogP contribution in [-0.2, 0) is 13.1 Å². The van der Waals surface area contributed by atoms with Gasteiger partial charge in [-0.05, 0) is 49.9 Å². The van der Waals surface area contributed by atoms with Crippen molar-refractivity contribution in [3.8, 4) is 0 Å². The highest BCUT2D eigenvalue weighted by molar-refractivity contribution is 5.83. The van der Waals surface area contributed by atoms with Gasteiger partial charge in [-0.25, -0.2) is 4.79 Å². The predicted molar refractivity (Wildman–Crippen MR) is 103 cm³/mol. The van der Waals surface area contributed by atoms with E-state index in [0.29, 0.717) is 11.6 Å². The van der Waals surface area contributed by atoms with E-state index in [0.717, 1.165) is 35.2 Å². The zero-order chi connectivity index (χ0) is 18.0. The Bertz CT molecular complexity index is 926. The molecule has 3 nitrogen and oxygen atoms in total. The minimum absolute atomic E-state index is 0.278. The Balaban J connectivity index is 2.00. The second-order valence-corrected chi connectivity index (χ2v) is 6.96. The van der Waals surface area contributed by atoms with Crippen molar-refractivity contribution in [3.05, 3.63) is 81.2 Å². The van der Waals surface area contributed by atoms with Crippen LogP contribution in [0.4, 0.5) is 0 Å². The Morgan fingerprint density at radius 3 is 2.40 bits per heavy atom. The molecule has 3 aromatic rings. The highest BCUT2D eigenvalue weighted by Gasteiger charge is 2.15. The quantitative estimate of drug-likeness (QED) is 0.627. The van der Waals surface area contributed by atoms with Gasteiger partial charge in [-0.2, -0.15) is 0 Å². The molecule has 1 heterocycles. The molecule has 0 radical (unpaired) electrons. The van der Waals surface area contributed by atoms with Crippen molar-refractivity contribution < 1.29 is 4.42 Å². The fourth-order valence-electron chi connectivity index (χ4n) is 3.11. The van der Waals surface area contributed by atoms with E-state index in [1.807, 2.05) is 19.9 Å². The van der Waals surface area contributed by atoms with Gasteiger partial charge in [0.15, 0.2) is 0 Å². The molecule has 3 rings (SSSR count). The summed E-state index contributed by atoms with van der Waals surface area (Å²) in [7, 11) is 0. The molecule has 0 amide bonds. The third-order valence-corrected chi connectivity index (χ3v) is 4.85. The van der Waals surface area contributed by atoms with E-state index in [4.69, 9.17) is 4.42 Å². The van der Waals surface area contributed by atoms with E-state index in [-0.39, 0.29) is 5.63 Å². The molecule has 25 heavy (non-hydrogen) atoms. The summed E-state index contributed by atoms with van der Waals surface area (Å²) in [6.45, 7) is 9.99. The van der Waals surface area contributed by atoms with Gasteiger partial charge in [-0.3, -0.25) is 4.90 Å². The monoisotopic (exact) mass is 335 g/mol. The zero-order valence-corrected chi connectivity index (χ0v) is 15.4. The molecule has 0 atom stereocenters. The fraction of sp³-hybridized carbons (Fsp3) is 0.318. The summed E-state index contributed by atoms with van der Waals surface area (Å²) in [6.07, 6.45) is 0. The Morgan fingerprint density at radius 1 is 1.00 bits per heavy atom. The zero-order valence-electron chi connectivity index (χ0n) is 15.4. The van der Waals surface area contributed by atoms with Crippen LogP contribution in [0, 0.1) is 13.8 Å². The number of hydrogen-bond acceptors (Lipinski definition) is 3. The normalized spacial score (nSPS) is 11.6. The summed E-state index contributed by atoms with van der Waals surface area (Å²) in [6, 6.07) is 16.6. The lowest BCUT2D eigenvalue weighted by molar-refractivity contribution is 0.204. The maximum Gasteiger partial charge on any atom is 0.336 e. The lowest BCUT2D eigenvalue weighted by atomic mass is 10.0. The molecule has 0 aliphatic heterocycles. The Morgan fingerprint density at radius 2 is 1.72 bits per heavy atom. The fourth-order valence-corrected chi connectivity index (χ4v) is 3.11. The first-order valence-corrected chi connectivity index (χ1v) is 8.76. The van der Waals surface area contributed by atoms with Crippen LogP contribution < -0.4 is 5.63 Å². The van der Waals surface area contributed by atoms with Gasteiger partial charge in [0.2, 0.25) is 0 Å². The SMILES string of the molecule is Cc1ccc2c(CN(Cc3ccccc3)C(C)C)cc(=O)oc2c1C. The number of rotatable bonds is 5. The average molecular weight is 335 g/mol. The predicted octanol–water partition coefficient (Wildman–Crippen LogP) is 4.82. The first-order chi connectivity index (χ1) is 12.0. The minimum Gasteiger partial charge on any atom is -0.422 e. The van der Waals surface area contributed by atoms with Crippen molar-refractivity contribution in [2.24, 2.45) is 0 Å². The van der Waals surface area contributed by atoms with E-state index < -0.39 is 0 Å². The van der Waals surface area contributed by atoms with Crippen molar-refractivity contribution >= 4 is 11.0 Å². The molecule has 130 valence electrons. The van der Waals surface area contributed by atoms with Gasteiger partial charge in [0.1, 0.15) is 5.58 Å². The van der Waals surface area contributed by atoms with Gasteiger partial charge in [-0.15, -0.1) is 0 Å². The Kier molecular flexibility index (Phi) is 5.05. The largest absolute Gasteiger partial charge is 0.422 e. The molecular formula is C22H25NO2. The maximum absolute atomic E-state index is 12.1. The topological polar surface area (TPSA) is 33.5 Å². The lowest BCUT2D eigenvalue weighted by Crippen LogP contribution is -2.30. The molecule has 0 unspecified atom stereocenters. The van der Waals surface area contributed by atoms with E-state index >= 15 is 0 Å². The van der Waals surface area contributed by atoms with Crippen molar-refractivity contribution in [1.29, 1.82) is 0 Å². The maximum atomic E-state index is 12.1. The van der Waals surface area contributed by atoms with E-state index in [9.17, 15) is 4.79 Å². The lowest BCUT2D eigenvalue weighted by Gasteiger charge is -2.27. The molecule has 0 spiro atoms. The van der Waals surface area contributed by atoms with Gasteiger partial charge < -0.3 is 4.42 Å². The van der Waals surface area contributed by atoms with Gasteiger partial charge in [0, 0.05) is 30.6 Å². The summed E-state index contributed by atoms with van der Waals surface area (Å²) in [5.74, 6) is 0. The van der Waals surface area contributed by atoms with E-state index in [1.165, 1.54) is 5.56 Å². The van der Waals surface area contributed by atoms with Crippen LogP contribution in [0.15, 0.2) is 57.7 Å². The highest BCUT2D eigenvalue weighted by Crippen LogP contribution is 2.25. The third kappa shape index (κ3) is 3.83. The molecule has 0 saturated carbocycles. The van der Waals surface area contributed by atoms with Crippen LogP contribution >= 0.6 is 0 Å². The molecule has 2 aromatic carbocycles. The third-order valence-electron chi connectivity index (χ3n) is 4.85. The van der Waals surface area contributed by atoms with Crippen LogP contribution in [0.2, 0.25) is 0 Å². The van der Waals surface area contributed by atoms with E-state index in [1.54, 1.807) is 6.07 Å². The van der Waals surface area contributed by atoms with E-state index in [2.05, 4.69) is 55.1 Å². The van der Waals surface area contributed by atoms with Crippen LogP contribution in [-0.4, -0.2) is 10.9 Å². The summed E-state index contributed by atoms with van der Waals surface area (Å²) in [4.78, 5) is 14.5. The molecule has 0 bridgehead atoms. The van der Waals surface area contributed by atoms with Crippen LogP contribution in [0.1, 0.15) is 36.1 Å². The summed E-state index contributed by atoms with van der Waals surface area (Å²) < 4.78 is 5.50. The molecule has 3 heteroatoms. The summed E-state index contributed by atoms with van der Waals surface area (Å²) in [5.41, 5.74) is 4.91. The van der Waals surface area contributed by atoms with Crippen LogP contribution in [0.25, 0.3) is 11.0 Å². The van der Waals surface area contributed by atoms with Crippen molar-refractivity contribution in [1.82, 2.24) is 4.90 Å².